The molecule has 2 aliphatic heterocycles. The van der Waals surface area contributed by atoms with Gasteiger partial charge in [0.15, 0.2) is 16.8 Å². The van der Waals surface area contributed by atoms with Gasteiger partial charge in [-0.15, -0.1) is 0 Å². The predicted molar refractivity (Wildman–Crippen MR) is 142 cm³/mol. The van der Waals surface area contributed by atoms with Gasteiger partial charge < -0.3 is 79.5 Å². The van der Waals surface area contributed by atoms with E-state index in [1.54, 1.807) is 0 Å². The predicted octanol–water partition coefficient (Wildman–Crippen LogP) is -3.07. The molecule has 2 aliphatic rings. The zero-order chi connectivity index (χ0) is 32.0. The summed E-state index contributed by atoms with van der Waals surface area (Å²) >= 11 is 0. The quantitative estimate of drug-likeness (QED) is 0.124. The summed E-state index contributed by atoms with van der Waals surface area (Å²) in [5.74, 6) is -4.28. The fourth-order valence-electron chi connectivity index (χ4n) is 4.86. The van der Waals surface area contributed by atoms with Crippen LogP contribution in [0.25, 0.3) is 22.3 Å². The topological polar surface area (TPSA) is 290 Å². The third-order valence-corrected chi connectivity index (χ3v) is 7.35. The maximum Gasteiger partial charge on any atom is 0.229 e. The molecule has 5 rings (SSSR count). The highest BCUT2D eigenvalue weighted by molar-refractivity contribution is 5.95. The van der Waals surface area contributed by atoms with Crippen molar-refractivity contribution >= 4 is 11.0 Å². The second-order valence-electron chi connectivity index (χ2n) is 10.2. The molecule has 1 aromatic heterocycles. The van der Waals surface area contributed by atoms with Gasteiger partial charge in [0.2, 0.25) is 29.8 Å². The highest BCUT2D eigenvalue weighted by Gasteiger charge is 2.47. The molecule has 2 aromatic carbocycles. The number of ether oxygens (including phenoxy) is 4. The molecule has 0 spiro atoms. The average molecular weight is 627 g/mol. The van der Waals surface area contributed by atoms with Crippen LogP contribution in [0.5, 0.6) is 28.7 Å². The minimum atomic E-state index is -2.01. The lowest BCUT2D eigenvalue weighted by atomic mass is 9.99. The normalized spacial score (nSPS) is 32.5. The maximum absolute atomic E-state index is 13.3. The molecular formula is C27H30O17. The van der Waals surface area contributed by atoms with Crippen LogP contribution in [0.15, 0.2) is 39.5 Å². The van der Waals surface area contributed by atoms with Crippen LogP contribution < -0.4 is 14.9 Å². The summed E-state index contributed by atoms with van der Waals surface area (Å²) in [5, 5.41) is 112. The Bertz CT molecular complexity index is 1540. The second-order valence-corrected chi connectivity index (χ2v) is 10.2. The van der Waals surface area contributed by atoms with Crippen molar-refractivity contribution in [3.05, 3.63) is 40.6 Å². The number of hydrogen-bond acceptors (Lipinski definition) is 17. The van der Waals surface area contributed by atoms with Gasteiger partial charge in [-0.05, 0) is 24.3 Å². The van der Waals surface area contributed by atoms with E-state index in [4.69, 9.17) is 23.4 Å². The fourth-order valence-corrected chi connectivity index (χ4v) is 4.86. The number of hydrogen-bond donors (Lipinski definition) is 11. The van der Waals surface area contributed by atoms with Gasteiger partial charge in [0.1, 0.15) is 65.7 Å². The molecule has 10 atom stereocenters. The number of rotatable bonds is 7. The summed E-state index contributed by atoms with van der Waals surface area (Å²) in [6.07, 6.45) is -18.2. The summed E-state index contributed by atoms with van der Waals surface area (Å²) in [6.45, 7) is -1.67. The summed E-state index contributed by atoms with van der Waals surface area (Å²) < 4.78 is 27.5. The van der Waals surface area contributed by atoms with E-state index in [0.717, 1.165) is 6.07 Å². The third-order valence-electron chi connectivity index (χ3n) is 7.35. The van der Waals surface area contributed by atoms with Crippen LogP contribution in [0.4, 0.5) is 0 Å². The molecule has 11 N–H and O–H groups in total. The smallest absolute Gasteiger partial charge is 0.229 e. The largest absolute Gasteiger partial charge is 0.508 e. The molecule has 0 amide bonds. The van der Waals surface area contributed by atoms with Crippen molar-refractivity contribution in [2.45, 2.75) is 61.4 Å². The first-order valence-corrected chi connectivity index (χ1v) is 13.2. The third kappa shape index (κ3) is 5.50. The van der Waals surface area contributed by atoms with E-state index in [2.05, 4.69) is 0 Å². The monoisotopic (exact) mass is 626 g/mol. The molecule has 2 saturated heterocycles. The molecule has 0 aliphatic carbocycles. The lowest BCUT2D eigenvalue weighted by Gasteiger charge is -2.40. The number of benzene rings is 2. The molecule has 2 fully saturated rings. The van der Waals surface area contributed by atoms with Crippen LogP contribution >= 0.6 is 0 Å². The number of aliphatic hydroxyl groups excluding tert-OH is 8. The van der Waals surface area contributed by atoms with Crippen molar-refractivity contribution in [2.24, 2.45) is 0 Å². The molecule has 17 heteroatoms. The Balaban J connectivity index is 1.67. The molecule has 0 bridgehead atoms. The van der Waals surface area contributed by atoms with Gasteiger partial charge in [-0.3, -0.25) is 4.79 Å². The van der Waals surface area contributed by atoms with Crippen LogP contribution in [0.3, 0.4) is 0 Å². The minimum Gasteiger partial charge on any atom is -0.508 e. The molecule has 3 aromatic rings. The molecular weight excluding hydrogens is 596 g/mol. The Hall–Kier alpha value is -3.75. The van der Waals surface area contributed by atoms with Gasteiger partial charge in [0.25, 0.3) is 0 Å². The van der Waals surface area contributed by atoms with Crippen molar-refractivity contribution in [2.75, 3.05) is 13.2 Å². The number of aliphatic hydroxyl groups is 8. The van der Waals surface area contributed by atoms with Crippen LogP contribution in [0.2, 0.25) is 0 Å². The average Bonchev–Trinajstić information content (AvgIpc) is 3.01. The van der Waals surface area contributed by atoms with E-state index < -0.39 is 114 Å². The van der Waals surface area contributed by atoms with Crippen molar-refractivity contribution in [3.8, 4) is 40.1 Å². The highest BCUT2D eigenvalue weighted by Crippen LogP contribution is 2.51. The first-order valence-electron chi connectivity index (χ1n) is 13.2. The summed E-state index contributed by atoms with van der Waals surface area (Å²) in [7, 11) is 0. The van der Waals surface area contributed by atoms with E-state index in [9.17, 15) is 61.0 Å². The highest BCUT2D eigenvalue weighted by atomic mass is 16.7. The molecule has 44 heavy (non-hydrogen) atoms. The van der Waals surface area contributed by atoms with Gasteiger partial charge in [-0.1, -0.05) is 0 Å². The number of phenols is 3. The Morgan fingerprint density at radius 1 is 0.659 bits per heavy atom. The maximum atomic E-state index is 13.3. The fraction of sp³-hybridized carbons (Fsp3) is 0.444. The Morgan fingerprint density at radius 2 is 1.16 bits per heavy atom. The van der Waals surface area contributed by atoms with Gasteiger partial charge in [0.05, 0.1) is 13.2 Å². The standard InChI is InChI=1S/C27H30O17/c28-6-12-15(32)18(35)20(37)26(41-12)43-24-17(34)14-10(31)5-11(8-1-3-9(30)4-2-8)40-23(14)25(22(24)39)44-27-21(38)19(36)16(33)13(7-29)42-27/h1-5,12-13,15-16,18-21,26-30,32-39H,6-7H2/t12-,13-,15-,16-,18+,19-,20+,21+,26+,27+/m1/s1. The molecule has 3 heterocycles. The van der Waals surface area contributed by atoms with Gasteiger partial charge in [0, 0.05) is 11.6 Å². The first kappa shape index (κ1) is 31.7. The van der Waals surface area contributed by atoms with E-state index in [0.29, 0.717) is 0 Å². The van der Waals surface area contributed by atoms with Crippen molar-refractivity contribution in [3.63, 3.8) is 0 Å². The molecule has 240 valence electrons. The van der Waals surface area contributed by atoms with Crippen molar-refractivity contribution in [1.82, 2.24) is 0 Å². The van der Waals surface area contributed by atoms with Crippen molar-refractivity contribution < 1.29 is 79.5 Å². The van der Waals surface area contributed by atoms with E-state index in [-0.39, 0.29) is 17.1 Å². The van der Waals surface area contributed by atoms with Crippen molar-refractivity contribution in [1.29, 1.82) is 0 Å². The Morgan fingerprint density at radius 3 is 1.66 bits per heavy atom. The van der Waals surface area contributed by atoms with Crippen LogP contribution in [0, 0.1) is 0 Å². The number of aromatic hydroxyl groups is 3. The number of fused-ring (bicyclic) bond motifs is 1. The first-order chi connectivity index (χ1) is 20.9. The SMILES string of the molecule is O=c1cc(-c2ccc(O)cc2)oc2c(O[C@@H]3O[C@H](CO)[C@@H](O)[C@@H](O)[C@@H]3O)c(O)c(O[C@@H]3O[C@H](CO)[C@@H](O)[C@H](O)[C@@H]3O)c(O)c12. The van der Waals surface area contributed by atoms with E-state index >= 15 is 0 Å². The lowest BCUT2D eigenvalue weighted by molar-refractivity contribution is -0.279. The Kier molecular flexibility index (Phi) is 8.87. The van der Waals surface area contributed by atoms with E-state index in [1.807, 2.05) is 0 Å². The molecule has 0 unspecified atom stereocenters. The van der Waals surface area contributed by atoms with Gasteiger partial charge >= 0.3 is 0 Å². The number of phenolic OH excluding ortho intramolecular Hbond substituents is 3. The van der Waals surface area contributed by atoms with Gasteiger partial charge in [-0.2, -0.15) is 0 Å². The van der Waals surface area contributed by atoms with E-state index in [1.165, 1.54) is 24.3 Å². The van der Waals surface area contributed by atoms with Crippen LogP contribution in [0.1, 0.15) is 0 Å². The van der Waals surface area contributed by atoms with Gasteiger partial charge in [-0.25, -0.2) is 0 Å². The summed E-state index contributed by atoms with van der Waals surface area (Å²) in [6, 6.07) is 6.29. The van der Waals surface area contributed by atoms with Crippen LogP contribution in [-0.2, 0) is 9.47 Å². The summed E-state index contributed by atoms with van der Waals surface area (Å²) in [4.78, 5) is 13.3. The molecule has 17 nitrogen and oxygen atoms in total. The second kappa shape index (κ2) is 12.3. The Labute approximate surface area is 246 Å². The molecule has 0 saturated carbocycles. The zero-order valence-electron chi connectivity index (χ0n) is 22.4. The molecule has 0 radical (unpaired) electrons. The lowest BCUT2D eigenvalue weighted by Crippen LogP contribution is -2.60. The zero-order valence-corrected chi connectivity index (χ0v) is 22.4. The summed E-state index contributed by atoms with van der Waals surface area (Å²) in [5.41, 5.74) is -1.33. The minimum absolute atomic E-state index is 0.103. The van der Waals surface area contributed by atoms with Crippen LogP contribution in [-0.4, -0.2) is 131 Å².